The molecule has 3 heteroatoms. The van der Waals surface area contributed by atoms with Crippen LogP contribution in [0.15, 0.2) is 0 Å². The zero-order chi connectivity index (χ0) is 11.7. The van der Waals surface area contributed by atoms with Crippen molar-refractivity contribution in [2.45, 2.75) is 38.5 Å². The number of ether oxygens (including phenoxy) is 2. The van der Waals surface area contributed by atoms with Gasteiger partial charge in [-0.15, -0.1) is 0 Å². The van der Waals surface area contributed by atoms with Crippen molar-refractivity contribution in [3.8, 4) is 0 Å². The van der Waals surface area contributed by atoms with Crippen LogP contribution in [0.2, 0.25) is 0 Å². The third kappa shape index (κ3) is 4.81. The molecule has 1 aliphatic rings. The molecular formula is C13H27NO2. The number of nitrogens with one attached hydrogen (secondary N) is 1. The molecule has 1 rings (SSSR count). The first-order chi connectivity index (χ1) is 7.83. The predicted octanol–water partition coefficient (Wildman–Crippen LogP) is 2.21. The minimum Gasteiger partial charge on any atom is -0.385 e. The Labute approximate surface area is 99.9 Å². The zero-order valence-electron chi connectivity index (χ0n) is 10.9. The van der Waals surface area contributed by atoms with Crippen LogP contribution in [0.25, 0.3) is 0 Å². The van der Waals surface area contributed by atoms with E-state index in [9.17, 15) is 0 Å². The van der Waals surface area contributed by atoms with Crippen molar-refractivity contribution in [3.05, 3.63) is 0 Å². The van der Waals surface area contributed by atoms with E-state index < -0.39 is 0 Å². The summed E-state index contributed by atoms with van der Waals surface area (Å²) in [7, 11) is 3.55. The summed E-state index contributed by atoms with van der Waals surface area (Å²) in [6.45, 7) is 3.79. The first-order valence-electron chi connectivity index (χ1n) is 6.52. The summed E-state index contributed by atoms with van der Waals surface area (Å²) in [5.41, 5.74) is 0.488. The lowest BCUT2D eigenvalue weighted by Gasteiger charge is -2.37. The van der Waals surface area contributed by atoms with Crippen molar-refractivity contribution in [1.82, 2.24) is 5.32 Å². The van der Waals surface area contributed by atoms with Gasteiger partial charge >= 0.3 is 0 Å². The van der Waals surface area contributed by atoms with Crippen LogP contribution in [0.1, 0.15) is 38.5 Å². The average Bonchev–Trinajstić information content (AvgIpc) is 2.34. The molecule has 1 N–H and O–H groups in total. The Morgan fingerprint density at radius 1 is 1.00 bits per heavy atom. The van der Waals surface area contributed by atoms with E-state index in [-0.39, 0.29) is 0 Å². The van der Waals surface area contributed by atoms with E-state index in [2.05, 4.69) is 5.32 Å². The second kappa shape index (κ2) is 8.04. The first kappa shape index (κ1) is 13.9. The molecule has 1 fully saturated rings. The second-order valence-electron chi connectivity index (χ2n) is 4.97. The second-order valence-corrected chi connectivity index (χ2v) is 4.97. The number of hydrogen-bond donors (Lipinski definition) is 1. The smallest absolute Gasteiger partial charge is 0.0587 e. The molecule has 0 heterocycles. The van der Waals surface area contributed by atoms with Gasteiger partial charge in [0.15, 0.2) is 0 Å². The van der Waals surface area contributed by atoms with Crippen LogP contribution in [-0.4, -0.2) is 40.5 Å². The Hall–Kier alpha value is -0.120. The van der Waals surface area contributed by atoms with Crippen molar-refractivity contribution in [2.24, 2.45) is 5.41 Å². The molecule has 0 atom stereocenters. The Bertz CT molecular complexity index is 167. The highest BCUT2D eigenvalue weighted by atomic mass is 16.5. The van der Waals surface area contributed by atoms with Gasteiger partial charge in [0.05, 0.1) is 6.61 Å². The molecule has 0 aromatic carbocycles. The van der Waals surface area contributed by atoms with Crippen LogP contribution in [0.3, 0.4) is 0 Å². The Kier molecular flexibility index (Phi) is 7.01. The lowest BCUT2D eigenvalue weighted by atomic mass is 9.72. The quantitative estimate of drug-likeness (QED) is 0.647. The number of methoxy groups -OCH3 is 2. The molecule has 0 amide bonds. The average molecular weight is 229 g/mol. The molecule has 0 unspecified atom stereocenters. The van der Waals surface area contributed by atoms with Crippen molar-refractivity contribution < 1.29 is 9.47 Å². The molecule has 1 saturated carbocycles. The molecule has 0 bridgehead atoms. The van der Waals surface area contributed by atoms with Crippen LogP contribution < -0.4 is 5.32 Å². The molecule has 3 nitrogen and oxygen atoms in total. The summed E-state index contributed by atoms with van der Waals surface area (Å²) < 4.78 is 10.3. The maximum atomic E-state index is 5.24. The van der Waals surface area contributed by atoms with Gasteiger partial charge in [0, 0.05) is 33.9 Å². The van der Waals surface area contributed by atoms with Gasteiger partial charge in [0.1, 0.15) is 0 Å². The molecule has 0 aromatic heterocycles. The van der Waals surface area contributed by atoms with Gasteiger partial charge < -0.3 is 14.8 Å². The number of hydrogen-bond acceptors (Lipinski definition) is 3. The van der Waals surface area contributed by atoms with Gasteiger partial charge in [-0.3, -0.25) is 0 Å². The van der Waals surface area contributed by atoms with Crippen molar-refractivity contribution in [3.63, 3.8) is 0 Å². The molecule has 16 heavy (non-hydrogen) atoms. The summed E-state index contributed by atoms with van der Waals surface area (Å²) in [6, 6.07) is 0. The molecule has 1 aliphatic carbocycles. The van der Waals surface area contributed by atoms with Crippen LogP contribution in [0.5, 0.6) is 0 Å². The number of rotatable bonds is 8. The van der Waals surface area contributed by atoms with Crippen LogP contribution in [0, 0.1) is 5.41 Å². The Balaban J connectivity index is 2.30. The summed E-state index contributed by atoms with van der Waals surface area (Å²) in [6.07, 6.45) is 8.09. The summed E-state index contributed by atoms with van der Waals surface area (Å²) in [5, 5.41) is 3.53. The predicted molar refractivity (Wildman–Crippen MR) is 66.8 cm³/mol. The third-order valence-corrected chi connectivity index (χ3v) is 3.73. The molecule has 0 aromatic rings. The highest BCUT2D eigenvalue weighted by molar-refractivity contribution is 4.84. The summed E-state index contributed by atoms with van der Waals surface area (Å²) >= 11 is 0. The zero-order valence-corrected chi connectivity index (χ0v) is 10.9. The lowest BCUT2D eigenvalue weighted by molar-refractivity contribution is 0.0983. The SMILES string of the molecule is COCCNCC1(CCOC)CCCCC1. The lowest BCUT2D eigenvalue weighted by Crippen LogP contribution is -2.38. The van der Waals surface area contributed by atoms with Crippen LogP contribution >= 0.6 is 0 Å². The fourth-order valence-corrected chi connectivity index (χ4v) is 2.66. The van der Waals surface area contributed by atoms with Gasteiger partial charge in [-0.25, -0.2) is 0 Å². The molecular weight excluding hydrogens is 202 g/mol. The summed E-state index contributed by atoms with van der Waals surface area (Å²) in [5.74, 6) is 0. The fraction of sp³-hybridized carbons (Fsp3) is 1.00. The minimum atomic E-state index is 0.488. The summed E-state index contributed by atoms with van der Waals surface area (Å²) in [4.78, 5) is 0. The van der Waals surface area contributed by atoms with E-state index in [4.69, 9.17) is 9.47 Å². The van der Waals surface area contributed by atoms with Crippen molar-refractivity contribution >= 4 is 0 Å². The van der Waals surface area contributed by atoms with E-state index in [1.807, 2.05) is 0 Å². The van der Waals surface area contributed by atoms with E-state index in [0.717, 1.165) is 26.3 Å². The molecule has 96 valence electrons. The first-order valence-corrected chi connectivity index (χ1v) is 6.52. The highest BCUT2D eigenvalue weighted by Crippen LogP contribution is 2.38. The largest absolute Gasteiger partial charge is 0.385 e. The van der Waals surface area contributed by atoms with Gasteiger partial charge in [0.2, 0.25) is 0 Å². The van der Waals surface area contributed by atoms with Gasteiger partial charge in [-0.1, -0.05) is 19.3 Å². The van der Waals surface area contributed by atoms with Gasteiger partial charge in [-0.05, 0) is 24.7 Å². The van der Waals surface area contributed by atoms with E-state index in [1.165, 1.54) is 38.5 Å². The Morgan fingerprint density at radius 3 is 2.31 bits per heavy atom. The monoisotopic (exact) mass is 229 g/mol. The molecule has 0 saturated heterocycles. The van der Waals surface area contributed by atoms with Crippen LogP contribution in [-0.2, 0) is 9.47 Å². The highest BCUT2D eigenvalue weighted by Gasteiger charge is 2.30. The standard InChI is InChI=1S/C13H27NO2/c1-15-10-8-13(6-4-3-5-7-13)12-14-9-11-16-2/h14H,3-12H2,1-2H3. The molecule has 0 spiro atoms. The van der Waals surface area contributed by atoms with Crippen molar-refractivity contribution in [1.29, 1.82) is 0 Å². The molecule has 0 aliphatic heterocycles. The third-order valence-electron chi connectivity index (χ3n) is 3.73. The molecule has 0 radical (unpaired) electrons. The maximum Gasteiger partial charge on any atom is 0.0587 e. The fourth-order valence-electron chi connectivity index (χ4n) is 2.66. The van der Waals surface area contributed by atoms with E-state index >= 15 is 0 Å². The maximum absolute atomic E-state index is 5.24. The van der Waals surface area contributed by atoms with Crippen molar-refractivity contribution in [2.75, 3.05) is 40.5 Å². The van der Waals surface area contributed by atoms with Gasteiger partial charge in [-0.2, -0.15) is 0 Å². The van der Waals surface area contributed by atoms with E-state index in [0.29, 0.717) is 5.41 Å². The normalized spacial score (nSPS) is 19.9. The van der Waals surface area contributed by atoms with Gasteiger partial charge in [0.25, 0.3) is 0 Å². The Morgan fingerprint density at radius 2 is 1.69 bits per heavy atom. The minimum absolute atomic E-state index is 0.488. The van der Waals surface area contributed by atoms with E-state index in [1.54, 1.807) is 14.2 Å². The van der Waals surface area contributed by atoms with Crippen LogP contribution in [0.4, 0.5) is 0 Å². The topological polar surface area (TPSA) is 30.5 Å².